The fourth-order valence-electron chi connectivity index (χ4n) is 2.30. The number of rotatable bonds is 4. The molecule has 1 saturated carbocycles. The van der Waals surface area contributed by atoms with Crippen molar-refractivity contribution < 1.29 is 23.6 Å². The van der Waals surface area contributed by atoms with E-state index in [-0.39, 0.29) is 22.5 Å². The van der Waals surface area contributed by atoms with Crippen molar-refractivity contribution >= 4 is 22.6 Å². The van der Waals surface area contributed by atoms with Crippen LogP contribution in [0.15, 0.2) is 29.2 Å². The lowest BCUT2D eigenvalue weighted by Gasteiger charge is -2.26. The van der Waals surface area contributed by atoms with E-state index in [2.05, 4.69) is 4.72 Å². The molecule has 8 heteroatoms. The van der Waals surface area contributed by atoms with Gasteiger partial charge in [-0.05, 0) is 43.3 Å². The first kappa shape index (κ1) is 15.5. The molecule has 0 saturated heterocycles. The van der Waals surface area contributed by atoms with Crippen molar-refractivity contribution in [3.63, 3.8) is 0 Å². The quantitative estimate of drug-likeness (QED) is 0.531. The molecule has 1 fully saturated rings. The number of benzene rings is 1. The second-order valence-corrected chi connectivity index (χ2v) is 6.78. The van der Waals surface area contributed by atoms with E-state index < -0.39 is 17.1 Å². The maximum absolute atomic E-state index is 12.2. The molecule has 6 nitrogen and oxygen atoms in total. The molecule has 1 aliphatic carbocycles. The van der Waals surface area contributed by atoms with E-state index >= 15 is 0 Å². The molecule has 0 spiro atoms. The van der Waals surface area contributed by atoms with Gasteiger partial charge in [0.2, 0.25) is 10.0 Å². The predicted molar refractivity (Wildman–Crippen MR) is 74.9 cm³/mol. The lowest BCUT2D eigenvalue weighted by molar-refractivity contribution is 0.120. The zero-order valence-electron chi connectivity index (χ0n) is 10.9. The van der Waals surface area contributed by atoms with Gasteiger partial charge < -0.3 is 15.2 Å². The highest BCUT2D eigenvalue weighted by atomic mass is 32.2. The lowest BCUT2D eigenvalue weighted by atomic mass is 9.81. The third-order valence-electron chi connectivity index (χ3n) is 3.51. The number of sulfonamides is 1. The van der Waals surface area contributed by atoms with Crippen LogP contribution in [0.1, 0.15) is 25.7 Å². The molecule has 0 atom stereocenters. The molecule has 1 aromatic carbocycles. The molecule has 0 bridgehead atoms. The predicted octanol–water partition coefficient (Wildman–Crippen LogP) is -1.05. The van der Waals surface area contributed by atoms with Crippen molar-refractivity contribution in [3.8, 4) is 0 Å². The Morgan fingerprint density at radius 1 is 1.05 bits per heavy atom. The molecular weight excluding hydrogens is 281 g/mol. The monoisotopic (exact) mass is 299 g/mol. The van der Waals surface area contributed by atoms with Crippen LogP contribution in [0.2, 0.25) is 0 Å². The Labute approximate surface area is 118 Å². The first-order chi connectivity index (χ1) is 9.38. The summed E-state index contributed by atoms with van der Waals surface area (Å²) in [5.41, 5.74) is 0.240. The van der Waals surface area contributed by atoms with E-state index in [1.807, 2.05) is 0 Å². The number of hydrogen-bond donors (Lipinski definition) is 4. The summed E-state index contributed by atoms with van der Waals surface area (Å²) in [6, 6.07) is 5.25. The standard InChI is InChI=1S/C12H18BNO5S/c15-11-5-3-10(4-6-11)14-20(18,19)12-7-1-9(2-8-12)13(16)17/h1-2,7-8,10-11,14-17H,3-6H2/t10-,11-. The molecular formula is C12H18BNO5S. The summed E-state index contributed by atoms with van der Waals surface area (Å²) in [7, 11) is -5.23. The van der Waals surface area contributed by atoms with E-state index in [1.165, 1.54) is 24.3 Å². The number of aliphatic hydroxyl groups is 1. The first-order valence-corrected chi connectivity index (χ1v) is 8.03. The highest BCUT2D eigenvalue weighted by Crippen LogP contribution is 2.20. The van der Waals surface area contributed by atoms with Gasteiger partial charge in [-0.2, -0.15) is 0 Å². The average molecular weight is 299 g/mol. The van der Waals surface area contributed by atoms with Crippen LogP contribution in [0, 0.1) is 0 Å². The Hall–Kier alpha value is -0.925. The molecule has 20 heavy (non-hydrogen) atoms. The van der Waals surface area contributed by atoms with Crippen LogP contribution in [0.3, 0.4) is 0 Å². The van der Waals surface area contributed by atoms with Crippen LogP contribution in [0.5, 0.6) is 0 Å². The fourth-order valence-corrected chi connectivity index (χ4v) is 3.61. The minimum absolute atomic E-state index is 0.0908. The molecule has 0 aromatic heterocycles. The van der Waals surface area contributed by atoms with E-state index in [0.29, 0.717) is 25.7 Å². The van der Waals surface area contributed by atoms with Crippen LogP contribution in [0.25, 0.3) is 0 Å². The molecule has 0 heterocycles. The molecule has 0 radical (unpaired) electrons. The van der Waals surface area contributed by atoms with Gasteiger partial charge in [-0.15, -0.1) is 0 Å². The van der Waals surface area contributed by atoms with Gasteiger partial charge in [-0.3, -0.25) is 0 Å². The van der Waals surface area contributed by atoms with Crippen molar-refractivity contribution in [3.05, 3.63) is 24.3 Å². The normalized spacial score (nSPS) is 23.6. The minimum Gasteiger partial charge on any atom is -0.423 e. The van der Waals surface area contributed by atoms with Crippen LogP contribution in [-0.2, 0) is 10.0 Å². The molecule has 0 unspecified atom stereocenters. The maximum Gasteiger partial charge on any atom is 0.488 e. The Morgan fingerprint density at radius 2 is 1.60 bits per heavy atom. The van der Waals surface area contributed by atoms with Crippen molar-refractivity contribution in [2.75, 3.05) is 0 Å². The van der Waals surface area contributed by atoms with Gasteiger partial charge in [-0.1, -0.05) is 12.1 Å². The Balaban J connectivity index is 2.06. The van der Waals surface area contributed by atoms with Crippen molar-refractivity contribution in [1.29, 1.82) is 0 Å². The summed E-state index contributed by atoms with van der Waals surface area (Å²) in [5.74, 6) is 0. The van der Waals surface area contributed by atoms with Crippen molar-refractivity contribution in [1.82, 2.24) is 4.72 Å². The number of nitrogens with one attached hydrogen (secondary N) is 1. The summed E-state index contributed by atoms with van der Waals surface area (Å²) in [6.07, 6.45) is 2.11. The van der Waals surface area contributed by atoms with Crippen LogP contribution in [0.4, 0.5) is 0 Å². The summed E-state index contributed by atoms with van der Waals surface area (Å²) in [4.78, 5) is 0.0908. The number of aliphatic hydroxyl groups excluding tert-OH is 1. The van der Waals surface area contributed by atoms with E-state index in [4.69, 9.17) is 10.0 Å². The molecule has 2 rings (SSSR count). The second kappa shape index (κ2) is 6.23. The third-order valence-corrected chi connectivity index (χ3v) is 5.04. The Morgan fingerprint density at radius 3 is 2.10 bits per heavy atom. The van der Waals surface area contributed by atoms with Gasteiger partial charge in [0.25, 0.3) is 0 Å². The smallest absolute Gasteiger partial charge is 0.423 e. The third kappa shape index (κ3) is 3.80. The van der Waals surface area contributed by atoms with Gasteiger partial charge >= 0.3 is 7.12 Å². The SMILES string of the molecule is O=S(=O)(N[C@H]1CC[C@H](O)CC1)c1ccc(B(O)O)cc1. The van der Waals surface area contributed by atoms with Crippen LogP contribution < -0.4 is 10.2 Å². The zero-order chi connectivity index (χ0) is 14.8. The van der Waals surface area contributed by atoms with Gasteiger partial charge in [0.1, 0.15) is 0 Å². The molecule has 0 amide bonds. The van der Waals surface area contributed by atoms with E-state index in [0.717, 1.165) is 0 Å². The lowest BCUT2D eigenvalue weighted by Crippen LogP contribution is -2.38. The van der Waals surface area contributed by atoms with Crippen molar-refractivity contribution in [2.45, 2.75) is 42.7 Å². The van der Waals surface area contributed by atoms with Crippen LogP contribution >= 0.6 is 0 Å². The minimum atomic E-state index is -3.61. The fraction of sp³-hybridized carbons (Fsp3) is 0.500. The number of hydrogen-bond acceptors (Lipinski definition) is 5. The van der Waals surface area contributed by atoms with Gasteiger partial charge in [0, 0.05) is 6.04 Å². The van der Waals surface area contributed by atoms with Crippen LogP contribution in [-0.4, -0.2) is 42.8 Å². The summed E-state index contributed by atoms with van der Waals surface area (Å²) in [5, 5.41) is 27.3. The summed E-state index contributed by atoms with van der Waals surface area (Å²) < 4.78 is 26.9. The highest BCUT2D eigenvalue weighted by Gasteiger charge is 2.25. The van der Waals surface area contributed by atoms with Gasteiger partial charge in [0.15, 0.2) is 0 Å². The zero-order valence-corrected chi connectivity index (χ0v) is 11.8. The Bertz CT molecular complexity index is 537. The van der Waals surface area contributed by atoms with Gasteiger partial charge in [-0.25, -0.2) is 13.1 Å². The molecule has 4 N–H and O–H groups in total. The molecule has 1 aliphatic rings. The first-order valence-electron chi connectivity index (χ1n) is 6.55. The highest BCUT2D eigenvalue weighted by molar-refractivity contribution is 7.89. The maximum atomic E-state index is 12.2. The topological polar surface area (TPSA) is 107 Å². The molecule has 1 aromatic rings. The Kier molecular flexibility index (Phi) is 4.82. The molecule has 110 valence electrons. The molecule has 0 aliphatic heterocycles. The second-order valence-electron chi connectivity index (χ2n) is 5.07. The summed E-state index contributed by atoms with van der Waals surface area (Å²) in [6.45, 7) is 0. The van der Waals surface area contributed by atoms with Crippen molar-refractivity contribution in [2.24, 2.45) is 0 Å². The summed E-state index contributed by atoms with van der Waals surface area (Å²) >= 11 is 0. The largest absolute Gasteiger partial charge is 0.488 e. The van der Waals surface area contributed by atoms with Gasteiger partial charge in [0.05, 0.1) is 11.0 Å². The van der Waals surface area contributed by atoms with E-state index in [1.54, 1.807) is 0 Å². The van der Waals surface area contributed by atoms with E-state index in [9.17, 15) is 13.5 Å². The average Bonchev–Trinajstić information content (AvgIpc) is 2.41.